The quantitative estimate of drug-likeness (QED) is 0.855. The largest absolute Gasteiger partial charge is 0.496 e. The van der Waals surface area contributed by atoms with E-state index in [-0.39, 0.29) is 0 Å². The molecular formula is C12H10BrN3O. The SMILES string of the molecule is COc1ccc(Br)cc1-c1c(C#N)ncn1C. The van der Waals surface area contributed by atoms with E-state index in [0.717, 1.165) is 15.7 Å². The summed E-state index contributed by atoms with van der Waals surface area (Å²) < 4.78 is 8.04. The third-order valence-electron chi connectivity index (χ3n) is 2.46. The number of nitriles is 1. The Hall–Kier alpha value is -1.80. The minimum atomic E-state index is 0.393. The summed E-state index contributed by atoms with van der Waals surface area (Å²) in [5.41, 5.74) is 1.99. The molecule has 0 bridgehead atoms. The van der Waals surface area contributed by atoms with Crippen molar-refractivity contribution in [1.29, 1.82) is 5.26 Å². The van der Waals surface area contributed by atoms with Gasteiger partial charge in [0.25, 0.3) is 0 Å². The molecule has 0 unspecified atom stereocenters. The lowest BCUT2D eigenvalue weighted by Gasteiger charge is -2.09. The van der Waals surface area contributed by atoms with Crippen LogP contribution in [-0.2, 0) is 7.05 Å². The molecule has 0 aliphatic carbocycles. The first-order chi connectivity index (χ1) is 8.17. The van der Waals surface area contributed by atoms with Gasteiger partial charge in [-0.3, -0.25) is 0 Å². The summed E-state index contributed by atoms with van der Waals surface area (Å²) in [5, 5.41) is 9.05. The Kier molecular flexibility index (Phi) is 3.16. The Morgan fingerprint density at radius 2 is 2.24 bits per heavy atom. The lowest BCUT2D eigenvalue weighted by atomic mass is 10.1. The smallest absolute Gasteiger partial charge is 0.166 e. The highest BCUT2D eigenvalue weighted by Crippen LogP contribution is 2.33. The third kappa shape index (κ3) is 2.04. The molecule has 0 spiro atoms. The number of imidazole rings is 1. The van der Waals surface area contributed by atoms with Crippen molar-refractivity contribution in [1.82, 2.24) is 9.55 Å². The van der Waals surface area contributed by atoms with E-state index >= 15 is 0 Å². The van der Waals surface area contributed by atoms with E-state index in [2.05, 4.69) is 27.0 Å². The zero-order valence-electron chi connectivity index (χ0n) is 9.44. The fraction of sp³-hybridized carbons (Fsp3) is 0.167. The summed E-state index contributed by atoms with van der Waals surface area (Å²) in [7, 11) is 3.46. The van der Waals surface area contributed by atoms with Gasteiger partial charge in [-0.15, -0.1) is 0 Å². The Morgan fingerprint density at radius 3 is 2.88 bits per heavy atom. The first kappa shape index (κ1) is 11.7. The van der Waals surface area contributed by atoms with Crippen LogP contribution in [0.4, 0.5) is 0 Å². The Balaban J connectivity index is 2.71. The number of aryl methyl sites for hydroxylation is 1. The van der Waals surface area contributed by atoms with Crippen LogP contribution in [0.5, 0.6) is 5.75 Å². The number of aromatic nitrogens is 2. The van der Waals surface area contributed by atoms with Crippen LogP contribution in [0.15, 0.2) is 29.0 Å². The molecule has 0 radical (unpaired) electrons. The molecule has 0 aliphatic heterocycles. The van der Waals surface area contributed by atoms with Crippen molar-refractivity contribution in [2.24, 2.45) is 7.05 Å². The lowest BCUT2D eigenvalue weighted by Crippen LogP contribution is -1.95. The second kappa shape index (κ2) is 4.60. The van der Waals surface area contributed by atoms with Crippen molar-refractivity contribution in [2.45, 2.75) is 0 Å². The number of nitrogens with zero attached hydrogens (tertiary/aromatic N) is 3. The van der Waals surface area contributed by atoms with Gasteiger partial charge in [0, 0.05) is 17.1 Å². The highest BCUT2D eigenvalue weighted by Gasteiger charge is 2.15. The molecular weight excluding hydrogens is 282 g/mol. The van der Waals surface area contributed by atoms with Crippen molar-refractivity contribution in [2.75, 3.05) is 7.11 Å². The van der Waals surface area contributed by atoms with Crippen LogP contribution in [0.25, 0.3) is 11.3 Å². The second-order valence-electron chi connectivity index (χ2n) is 3.51. The van der Waals surface area contributed by atoms with E-state index in [1.54, 1.807) is 13.4 Å². The molecule has 2 aromatic rings. The van der Waals surface area contributed by atoms with Gasteiger partial charge < -0.3 is 9.30 Å². The number of ether oxygens (including phenoxy) is 1. The molecule has 1 aromatic heterocycles. The molecule has 17 heavy (non-hydrogen) atoms. The molecule has 2 rings (SSSR count). The van der Waals surface area contributed by atoms with Gasteiger partial charge in [-0.2, -0.15) is 5.26 Å². The first-order valence-electron chi connectivity index (χ1n) is 4.92. The Labute approximate surface area is 108 Å². The van der Waals surface area contributed by atoms with Crippen molar-refractivity contribution in [3.8, 4) is 23.1 Å². The molecule has 0 fully saturated rings. The molecule has 0 atom stereocenters. The standard InChI is InChI=1S/C12H10BrN3O/c1-16-7-15-10(6-14)12(16)9-5-8(13)3-4-11(9)17-2/h3-5,7H,1-2H3. The average Bonchev–Trinajstić information content (AvgIpc) is 2.70. The van der Waals surface area contributed by atoms with Crippen LogP contribution in [0.1, 0.15) is 5.69 Å². The Bertz CT molecular complexity index is 598. The number of halogens is 1. The molecule has 0 saturated heterocycles. The molecule has 0 aliphatic rings. The van der Waals surface area contributed by atoms with Crippen LogP contribution in [-0.4, -0.2) is 16.7 Å². The van der Waals surface area contributed by atoms with E-state index in [4.69, 9.17) is 10.00 Å². The van der Waals surface area contributed by atoms with Crippen molar-refractivity contribution < 1.29 is 4.74 Å². The number of methoxy groups -OCH3 is 1. The average molecular weight is 292 g/mol. The number of hydrogen-bond acceptors (Lipinski definition) is 3. The number of benzene rings is 1. The van der Waals surface area contributed by atoms with Crippen molar-refractivity contribution in [3.05, 3.63) is 34.7 Å². The fourth-order valence-electron chi connectivity index (χ4n) is 1.69. The lowest BCUT2D eigenvalue weighted by molar-refractivity contribution is 0.416. The molecule has 1 aromatic carbocycles. The molecule has 0 saturated carbocycles. The molecule has 0 N–H and O–H groups in total. The van der Waals surface area contributed by atoms with Gasteiger partial charge in [0.1, 0.15) is 11.8 Å². The minimum Gasteiger partial charge on any atom is -0.496 e. The molecule has 0 amide bonds. The molecule has 1 heterocycles. The predicted molar refractivity (Wildman–Crippen MR) is 67.6 cm³/mol. The summed E-state index contributed by atoms with van der Waals surface area (Å²) in [6.45, 7) is 0. The van der Waals surface area contributed by atoms with Gasteiger partial charge in [0.2, 0.25) is 0 Å². The van der Waals surface area contributed by atoms with E-state index < -0.39 is 0 Å². The molecule has 86 valence electrons. The molecule has 5 heteroatoms. The highest BCUT2D eigenvalue weighted by molar-refractivity contribution is 9.10. The summed E-state index contributed by atoms with van der Waals surface area (Å²) in [6, 6.07) is 7.74. The predicted octanol–water partition coefficient (Wildman–Crippen LogP) is 2.73. The van der Waals surface area contributed by atoms with Crippen LogP contribution >= 0.6 is 15.9 Å². The van der Waals surface area contributed by atoms with Crippen molar-refractivity contribution >= 4 is 15.9 Å². The van der Waals surface area contributed by atoms with Crippen LogP contribution < -0.4 is 4.74 Å². The second-order valence-corrected chi connectivity index (χ2v) is 4.42. The summed E-state index contributed by atoms with van der Waals surface area (Å²) in [6.07, 6.45) is 1.62. The fourth-order valence-corrected chi connectivity index (χ4v) is 2.06. The van der Waals surface area contributed by atoms with Crippen molar-refractivity contribution in [3.63, 3.8) is 0 Å². The molecule has 4 nitrogen and oxygen atoms in total. The van der Waals surface area contributed by atoms with Gasteiger partial charge in [-0.25, -0.2) is 4.98 Å². The summed E-state index contributed by atoms with van der Waals surface area (Å²) >= 11 is 3.41. The van der Waals surface area contributed by atoms with Crippen LogP contribution in [0.3, 0.4) is 0 Å². The van der Waals surface area contributed by atoms with Gasteiger partial charge >= 0.3 is 0 Å². The number of hydrogen-bond donors (Lipinski definition) is 0. The van der Waals surface area contributed by atoms with E-state index in [1.807, 2.05) is 29.8 Å². The van der Waals surface area contributed by atoms with E-state index in [9.17, 15) is 0 Å². The highest BCUT2D eigenvalue weighted by atomic mass is 79.9. The zero-order chi connectivity index (χ0) is 12.4. The summed E-state index contributed by atoms with van der Waals surface area (Å²) in [4.78, 5) is 4.05. The van der Waals surface area contributed by atoms with Crippen LogP contribution in [0, 0.1) is 11.3 Å². The van der Waals surface area contributed by atoms with Crippen LogP contribution in [0.2, 0.25) is 0 Å². The van der Waals surface area contributed by atoms with E-state index in [1.165, 1.54) is 0 Å². The maximum absolute atomic E-state index is 9.05. The first-order valence-corrected chi connectivity index (χ1v) is 5.72. The minimum absolute atomic E-state index is 0.393. The maximum atomic E-state index is 9.05. The van der Waals surface area contributed by atoms with Gasteiger partial charge in [-0.1, -0.05) is 15.9 Å². The van der Waals surface area contributed by atoms with Gasteiger partial charge in [0.15, 0.2) is 5.69 Å². The van der Waals surface area contributed by atoms with Gasteiger partial charge in [0.05, 0.1) is 19.1 Å². The maximum Gasteiger partial charge on any atom is 0.166 e. The third-order valence-corrected chi connectivity index (χ3v) is 2.95. The normalized spacial score (nSPS) is 10.0. The Morgan fingerprint density at radius 1 is 1.47 bits per heavy atom. The summed E-state index contributed by atoms with van der Waals surface area (Å²) in [5.74, 6) is 0.716. The van der Waals surface area contributed by atoms with Gasteiger partial charge in [-0.05, 0) is 18.2 Å². The zero-order valence-corrected chi connectivity index (χ0v) is 11.0. The number of rotatable bonds is 2. The topological polar surface area (TPSA) is 50.8 Å². The van der Waals surface area contributed by atoms with E-state index in [0.29, 0.717) is 11.4 Å². The monoisotopic (exact) mass is 291 g/mol.